The summed E-state index contributed by atoms with van der Waals surface area (Å²) in [5.74, 6) is -0.00384. The van der Waals surface area contributed by atoms with Crippen LogP contribution in [0.4, 0.5) is 0 Å². The molecule has 0 aliphatic heterocycles. The number of aromatic nitrogens is 3. The molecule has 6 nitrogen and oxygen atoms in total. The quantitative estimate of drug-likeness (QED) is 0.578. The number of benzene rings is 1. The minimum absolute atomic E-state index is 0.00384. The first kappa shape index (κ1) is 13.4. The maximum absolute atomic E-state index is 11.8. The van der Waals surface area contributed by atoms with Gasteiger partial charge in [0.2, 0.25) is 0 Å². The van der Waals surface area contributed by atoms with Gasteiger partial charge in [-0.05, 0) is 42.8 Å². The summed E-state index contributed by atoms with van der Waals surface area (Å²) in [6.45, 7) is 0. The van der Waals surface area contributed by atoms with Gasteiger partial charge in [-0.3, -0.25) is 9.98 Å². The topological polar surface area (TPSA) is 101 Å². The molecular formula is C12H12BrN5OS. The van der Waals surface area contributed by atoms with E-state index in [2.05, 4.69) is 26.1 Å². The van der Waals surface area contributed by atoms with E-state index in [1.54, 1.807) is 10.6 Å². The molecule has 0 atom stereocenters. The smallest absolute Gasteiger partial charge is 0.344 e. The van der Waals surface area contributed by atoms with Crippen molar-refractivity contribution in [3.63, 3.8) is 0 Å². The molecule has 1 aromatic carbocycles. The van der Waals surface area contributed by atoms with Crippen molar-refractivity contribution >= 4 is 33.5 Å². The zero-order valence-corrected chi connectivity index (χ0v) is 12.8. The van der Waals surface area contributed by atoms with Crippen molar-refractivity contribution in [3.8, 4) is 0 Å². The predicted octanol–water partition coefficient (Wildman–Crippen LogP) is 2.10. The summed E-state index contributed by atoms with van der Waals surface area (Å²) in [5, 5.41) is 14.8. The number of hydrogen-bond donors (Lipinski definition) is 3. The summed E-state index contributed by atoms with van der Waals surface area (Å²) < 4.78 is 2.57. The van der Waals surface area contributed by atoms with E-state index < -0.39 is 0 Å². The summed E-state index contributed by atoms with van der Waals surface area (Å²) in [6, 6.07) is 5.73. The number of amidine groups is 1. The Morgan fingerprint density at radius 3 is 2.95 bits per heavy atom. The van der Waals surface area contributed by atoms with E-state index in [1.165, 1.54) is 11.8 Å². The van der Waals surface area contributed by atoms with Crippen LogP contribution in [0.3, 0.4) is 0 Å². The zero-order chi connectivity index (χ0) is 14.3. The second-order valence-corrected chi connectivity index (χ2v) is 6.49. The molecular weight excluding hydrogens is 342 g/mol. The molecule has 20 heavy (non-hydrogen) atoms. The molecule has 104 valence electrons. The molecule has 0 amide bonds. The number of rotatable bonds is 4. The lowest BCUT2D eigenvalue weighted by Crippen LogP contribution is -2.16. The summed E-state index contributed by atoms with van der Waals surface area (Å²) in [6.07, 6.45) is 2.01. The fourth-order valence-corrected chi connectivity index (χ4v) is 3.52. The Morgan fingerprint density at radius 1 is 1.55 bits per heavy atom. The van der Waals surface area contributed by atoms with Crippen LogP contribution in [0.25, 0.3) is 0 Å². The molecule has 0 bridgehead atoms. The van der Waals surface area contributed by atoms with Crippen molar-refractivity contribution in [3.05, 3.63) is 38.7 Å². The first-order chi connectivity index (χ1) is 9.56. The van der Waals surface area contributed by atoms with Crippen LogP contribution < -0.4 is 11.4 Å². The van der Waals surface area contributed by atoms with E-state index >= 15 is 0 Å². The van der Waals surface area contributed by atoms with Gasteiger partial charge in [0.05, 0.1) is 0 Å². The van der Waals surface area contributed by atoms with E-state index in [1.807, 2.05) is 12.1 Å². The van der Waals surface area contributed by atoms with Gasteiger partial charge in [0, 0.05) is 21.0 Å². The molecule has 0 radical (unpaired) electrons. The number of nitrogens with zero attached hydrogens (tertiary/aromatic N) is 2. The number of nitrogens with one attached hydrogen (secondary N) is 2. The van der Waals surface area contributed by atoms with Gasteiger partial charge in [-0.25, -0.2) is 9.89 Å². The molecule has 3 rings (SSSR count). The normalized spacial score (nSPS) is 14.4. The molecule has 0 saturated heterocycles. The summed E-state index contributed by atoms with van der Waals surface area (Å²) in [7, 11) is 0. The molecule has 1 aromatic heterocycles. The fraction of sp³-hybridized carbons (Fsp3) is 0.250. The van der Waals surface area contributed by atoms with Crippen LogP contribution in [0.5, 0.6) is 0 Å². The highest BCUT2D eigenvalue weighted by molar-refractivity contribution is 9.10. The van der Waals surface area contributed by atoms with Gasteiger partial charge in [0.15, 0.2) is 5.16 Å². The van der Waals surface area contributed by atoms with Gasteiger partial charge in [0.25, 0.3) is 0 Å². The third kappa shape index (κ3) is 2.53. The molecule has 1 fully saturated rings. The van der Waals surface area contributed by atoms with E-state index in [0.29, 0.717) is 10.7 Å². The van der Waals surface area contributed by atoms with E-state index in [9.17, 15) is 4.79 Å². The van der Waals surface area contributed by atoms with Gasteiger partial charge in [0.1, 0.15) is 5.84 Å². The monoisotopic (exact) mass is 353 g/mol. The SMILES string of the molecule is N=C(N)c1ccc(Br)cc1Sc1n[nH]c(=O)n1C1CC1. The number of halogens is 1. The zero-order valence-electron chi connectivity index (χ0n) is 10.4. The van der Waals surface area contributed by atoms with Crippen molar-refractivity contribution in [2.75, 3.05) is 0 Å². The molecule has 4 N–H and O–H groups in total. The maximum Gasteiger partial charge on any atom is 0.344 e. The first-order valence-electron chi connectivity index (χ1n) is 6.05. The Hall–Kier alpha value is -1.54. The van der Waals surface area contributed by atoms with Gasteiger partial charge >= 0.3 is 5.69 Å². The minimum Gasteiger partial charge on any atom is -0.384 e. The van der Waals surface area contributed by atoms with Gasteiger partial charge in [-0.2, -0.15) is 0 Å². The molecule has 2 aromatic rings. The average molecular weight is 354 g/mol. The molecule has 0 unspecified atom stereocenters. The fourth-order valence-electron chi connectivity index (χ4n) is 1.92. The third-order valence-electron chi connectivity index (χ3n) is 3.02. The molecule has 0 spiro atoms. The van der Waals surface area contributed by atoms with Gasteiger partial charge < -0.3 is 5.73 Å². The number of nitrogens with two attached hydrogens (primary N) is 1. The Labute approximate surface area is 127 Å². The Bertz CT molecular complexity index is 734. The second kappa shape index (κ2) is 5.10. The lowest BCUT2D eigenvalue weighted by atomic mass is 10.2. The standard InChI is InChI=1S/C12H12BrN5OS/c13-6-1-4-8(10(14)15)9(5-6)20-12-17-16-11(19)18(12)7-2-3-7/h1,4-5,7H,2-3H2,(H3,14,15)(H,16,19). The lowest BCUT2D eigenvalue weighted by molar-refractivity contribution is 0.642. The number of aromatic amines is 1. The highest BCUT2D eigenvalue weighted by atomic mass is 79.9. The van der Waals surface area contributed by atoms with Crippen LogP contribution in [0, 0.1) is 5.41 Å². The van der Waals surface area contributed by atoms with E-state index in [-0.39, 0.29) is 17.6 Å². The average Bonchev–Trinajstić information content (AvgIpc) is 3.15. The van der Waals surface area contributed by atoms with Gasteiger partial charge in [-0.15, -0.1) is 5.10 Å². The van der Waals surface area contributed by atoms with Crippen molar-refractivity contribution in [2.45, 2.75) is 28.9 Å². The summed E-state index contributed by atoms with van der Waals surface area (Å²) in [5.41, 5.74) is 6.04. The molecule has 1 saturated carbocycles. The van der Waals surface area contributed by atoms with Crippen LogP contribution in [0.1, 0.15) is 24.4 Å². The third-order valence-corrected chi connectivity index (χ3v) is 4.54. The lowest BCUT2D eigenvalue weighted by Gasteiger charge is -2.08. The van der Waals surface area contributed by atoms with Crippen molar-refractivity contribution in [1.82, 2.24) is 14.8 Å². The van der Waals surface area contributed by atoms with Crippen molar-refractivity contribution in [1.29, 1.82) is 5.41 Å². The predicted molar refractivity (Wildman–Crippen MR) is 80.4 cm³/mol. The number of nitrogen functional groups attached to an aromatic ring is 1. The van der Waals surface area contributed by atoms with Crippen LogP contribution >= 0.6 is 27.7 Å². The minimum atomic E-state index is -0.186. The Morgan fingerprint density at radius 2 is 2.30 bits per heavy atom. The highest BCUT2D eigenvalue weighted by Crippen LogP contribution is 2.38. The largest absolute Gasteiger partial charge is 0.384 e. The first-order valence-corrected chi connectivity index (χ1v) is 7.66. The Balaban J connectivity index is 2.01. The highest BCUT2D eigenvalue weighted by Gasteiger charge is 2.29. The van der Waals surface area contributed by atoms with E-state index in [0.717, 1.165) is 22.2 Å². The molecule has 1 aliphatic carbocycles. The molecule has 1 heterocycles. The van der Waals surface area contributed by atoms with Crippen molar-refractivity contribution in [2.24, 2.45) is 5.73 Å². The summed E-state index contributed by atoms with van der Waals surface area (Å²) in [4.78, 5) is 12.6. The Kier molecular flexibility index (Phi) is 3.43. The summed E-state index contributed by atoms with van der Waals surface area (Å²) >= 11 is 4.74. The maximum atomic E-state index is 11.8. The second-order valence-electron chi connectivity index (χ2n) is 4.57. The molecule has 8 heteroatoms. The van der Waals surface area contributed by atoms with E-state index in [4.69, 9.17) is 11.1 Å². The molecule has 1 aliphatic rings. The van der Waals surface area contributed by atoms with Crippen LogP contribution in [-0.2, 0) is 0 Å². The van der Waals surface area contributed by atoms with Crippen molar-refractivity contribution < 1.29 is 0 Å². The van der Waals surface area contributed by atoms with Crippen LogP contribution in [0.15, 0.2) is 37.5 Å². The van der Waals surface area contributed by atoms with Gasteiger partial charge in [-0.1, -0.05) is 15.9 Å². The number of H-pyrrole nitrogens is 1. The number of hydrogen-bond acceptors (Lipinski definition) is 4. The van der Waals surface area contributed by atoms with Crippen LogP contribution in [-0.4, -0.2) is 20.6 Å². The van der Waals surface area contributed by atoms with Crippen LogP contribution in [0.2, 0.25) is 0 Å².